The van der Waals surface area contributed by atoms with Crippen LogP contribution in [0.4, 0.5) is 17.3 Å². The number of furan rings is 1. The number of nitrogen functional groups attached to an aromatic ring is 1. The summed E-state index contributed by atoms with van der Waals surface area (Å²) in [4.78, 5) is 25.6. The molecular formula is C27H27N3O6. The second-order valence-corrected chi connectivity index (χ2v) is 7.84. The van der Waals surface area contributed by atoms with Gasteiger partial charge in [0.2, 0.25) is 12.3 Å². The van der Waals surface area contributed by atoms with Crippen LogP contribution < -0.4 is 25.4 Å². The predicted molar refractivity (Wildman–Crippen MR) is 138 cm³/mol. The first-order chi connectivity index (χ1) is 17.6. The number of nitrogens with one attached hydrogen (secondary N) is 1. The number of ether oxygens (including phenoxy) is 3. The van der Waals surface area contributed by atoms with Crippen LogP contribution in [-0.2, 0) is 9.53 Å². The standard InChI is InChI=1S/C27H27N3O6/c1-33-14-15-35-22-10-11-25-20(16-22)17-26(36-25)30(18-31)12-13-34-21-8-6-19(7-9-21)27(32)29-24-5-3-2-4-23(24)28/h2-11,16-18H,12-15,28H2,1H3,(H,29,32). The number of fused-ring (bicyclic) bond motifs is 1. The number of amides is 2. The van der Waals surface area contributed by atoms with Gasteiger partial charge >= 0.3 is 0 Å². The van der Waals surface area contributed by atoms with Gasteiger partial charge in [-0.2, -0.15) is 0 Å². The Kier molecular flexibility index (Phi) is 8.05. The number of anilines is 3. The molecule has 0 aliphatic heterocycles. The maximum absolute atomic E-state index is 12.5. The van der Waals surface area contributed by atoms with Gasteiger partial charge in [0.15, 0.2) is 0 Å². The molecule has 1 heterocycles. The Hall–Kier alpha value is -4.50. The molecule has 0 saturated carbocycles. The number of hydrogen-bond donors (Lipinski definition) is 2. The van der Waals surface area contributed by atoms with Gasteiger partial charge in [0.1, 0.15) is 30.3 Å². The second kappa shape index (κ2) is 11.8. The summed E-state index contributed by atoms with van der Waals surface area (Å²) in [5.41, 5.74) is 8.03. The zero-order valence-corrected chi connectivity index (χ0v) is 19.8. The van der Waals surface area contributed by atoms with Gasteiger partial charge in [-0.3, -0.25) is 14.5 Å². The molecule has 3 aromatic carbocycles. The molecule has 36 heavy (non-hydrogen) atoms. The summed E-state index contributed by atoms with van der Waals surface area (Å²) in [5, 5.41) is 3.60. The van der Waals surface area contributed by atoms with E-state index in [1.54, 1.807) is 73.8 Å². The fraction of sp³-hybridized carbons (Fsp3) is 0.185. The number of nitrogens with two attached hydrogens (primary N) is 1. The van der Waals surface area contributed by atoms with Crippen LogP contribution in [0.5, 0.6) is 11.5 Å². The highest BCUT2D eigenvalue weighted by Crippen LogP contribution is 2.29. The van der Waals surface area contributed by atoms with Crippen LogP contribution >= 0.6 is 0 Å². The SMILES string of the molecule is COCCOc1ccc2oc(N(C=O)CCOc3ccc(C(=O)Nc4ccccc4N)cc3)cc2c1. The fourth-order valence-corrected chi connectivity index (χ4v) is 3.47. The Labute approximate surface area is 208 Å². The van der Waals surface area contributed by atoms with Crippen molar-refractivity contribution in [3.63, 3.8) is 0 Å². The molecule has 9 heteroatoms. The Morgan fingerprint density at radius 2 is 1.72 bits per heavy atom. The Bertz CT molecular complexity index is 1320. The summed E-state index contributed by atoms with van der Waals surface area (Å²) >= 11 is 0. The largest absolute Gasteiger partial charge is 0.492 e. The zero-order chi connectivity index (χ0) is 25.3. The van der Waals surface area contributed by atoms with Gasteiger partial charge in [-0.1, -0.05) is 12.1 Å². The lowest BCUT2D eigenvalue weighted by atomic mass is 10.2. The number of methoxy groups -OCH3 is 1. The first-order valence-corrected chi connectivity index (χ1v) is 11.3. The van der Waals surface area contributed by atoms with Crippen molar-refractivity contribution in [3.8, 4) is 11.5 Å². The monoisotopic (exact) mass is 489 g/mol. The van der Waals surface area contributed by atoms with E-state index in [9.17, 15) is 9.59 Å². The number of benzene rings is 3. The Balaban J connectivity index is 1.31. The summed E-state index contributed by atoms with van der Waals surface area (Å²) in [6, 6.07) is 21.0. The van der Waals surface area contributed by atoms with E-state index >= 15 is 0 Å². The average molecular weight is 490 g/mol. The van der Waals surface area contributed by atoms with E-state index in [1.165, 1.54) is 4.90 Å². The first kappa shape index (κ1) is 24.6. The van der Waals surface area contributed by atoms with Gasteiger partial charge in [0.25, 0.3) is 5.91 Å². The lowest BCUT2D eigenvalue weighted by Crippen LogP contribution is -2.26. The predicted octanol–water partition coefficient (Wildman–Crippen LogP) is 4.33. The lowest BCUT2D eigenvalue weighted by Gasteiger charge is -2.14. The molecule has 4 aromatic rings. The molecule has 0 fully saturated rings. The van der Waals surface area contributed by atoms with Gasteiger partial charge in [-0.15, -0.1) is 0 Å². The van der Waals surface area contributed by atoms with Gasteiger partial charge in [0, 0.05) is 24.1 Å². The summed E-state index contributed by atoms with van der Waals surface area (Å²) in [5.74, 6) is 1.39. The van der Waals surface area contributed by atoms with E-state index < -0.39 is 0 Å². The number of hydrogen-bond acceptors (Lipinski definition) is 7. The third-order valence-electron chi connectivity index (χ3n) is 5.37. The molecule has 3 N–H and O–H groups in total. The Morgan fingerprint density at radius 1 is 0.972 bits per heavy atom. The average Bonchev–Trinajstić information content (AvgIpc) is 3.31. The van der Waals surface area contributed by atoms with Crippen molar-refractivity contribution in [2.45, 2.75) is 0 Å². The smallest absolute Gasteiger partial charge is 0.255 e. The maximum atomic E-state index is 12.5. The molecule has 186 valence electrons. The topological polar surface area (TPSA) is 116 Å². The van der Waals surface area contributed by atoms with Crippen molar-refractivity contribution in [3.05, 3.63) is 78.4 Å². The van der Waals surface area contributed by atoms with Gasteiger partial charge < -0.3 is 29.7 Å². The summed E-state index contributed by atoms with van der Waals surface area (Å²) in [6.45, 7) is 1.44. The van der Waals surface area contributed by atoms with E-state index in [1.807, 2.05) is 6.07 Å². The zero-order valence-electron chi connectivity index (χ0n) is 19.8. The molecule has 0 aliphatic rings. The third-order valence-corrected chi connectivity index (χ3v) is 5.37. The van der Waals surface area contributed by atoms with Crippen molar-refractivity contribution >= 4 is 40.5 Å². The number of para-hydroxylation sites is 2. The molecule has 9 nitrogen and oxygen atoms in total. The minimum Gasteiger partial charge on any atom is -0.492 e. The normalized spacial score (nSPS) is 10.7. The maximum Gasteiger partial charge on any atom is 0.255 e. The molecule has 0 aliphatic carbocycles. The number of carbonyl (C=O) groups is 2. The van der Waals surface area contributed by atoms with Gasteiger partial charge in [0.05, 0.1) is 24.5 Å². The van der Waals surface area contributed by atoms with Crippen LogP contribution in [0.15, 0.2) is 77.2 Å². The summed E-state index contributed by atoms with van der Waals surface area (Å²) in [6.07, 6.45) is 0.694. The van der Waals surface area contributed by atoms with Crippen molar-refractivity contribution in [1.82, 2.24) is 0 Å². The molecule has 1 aromatic heterocycles. The van der Waals surface area contributed by atoms with Crippen LogP contribution in [0.3, 0.4) is 0 Å². The van der Waals surface area contributed by atoms with Crippen molar-refractivity contribution in [1.29, 1.82) is 0 Å². The Morgan fingerprint density at radius 3 is 2.47 bits per heavy atom. The first-order valence-electron chi connectivity index (χ1n) is 11.3. The summed E-state index contributed by atoms with van der Waals surface area (Å²) in [7, 11) is 1.62. The lowest BCUT2D eigenvalue weighted by molar-refractivity contribution is -0.107. The molecule has 0 atom stereocenters. The third kappa shape index (κ3) is 6.13. The molecular weight excluding hydrogens is 462 g/mol. The van der Waals surface area contributed by atoms with Gasteiger partial charge in [-0.25, -0.2) is 0 Å². The van der Waals surface area contributed by atoms with Gasteiger partial charge in [-0.05, 0) is 54.6 Å². The number of carbonyl (C=O) groups excluding carboxylic acids is 2. The minimum atomic E-state index is -0.274. The highest BCUT2D eigenvalue weighted by molar-refractivity contribution is 6.05. The molecule has 2 amide bonds. The van der Waals surface area contributed by atoms with E-state index in [0.717, 1.165) is 5.39 Å². The second-order valence-electron chi connectivity index (χ2n) is 7.84. The molecule has 0 saturated heterocycles. The van der Waals surface area contributed by atoms with Crippen LogP contribution in [0, 0.1) is 0 Å². The number of nitrogens with zero attached hydrogens (tertiary/aromatic N) is 1. The minimum absolute atomic E-state index is 0.229. The van der Waals surface area contributed by atoms with Crippen LogP contribution in [0.2, 0.25) is 0 Å². The van der Waals surface area contributed by atoms with Crippen LogP contribution in [-0.4, -0.2) is 45.8 Å². The molecule has 0 spiro atoms. The number of rotatable bonds is 12. The van der Waals surface area contributed by atoms with Crippen molar-refractivity contribution in [2.24, 2.45) is 0 Å². The van der Waals surface area contributed by atoms with Crippen LogP contribution in [0.25, 0.3) is 11.0 Å². The molecule has 0 bridgehead atoms. The van der Waals surface area contributed by atoms with E-state index in [4.69, 9.17) is 24.4 Å². The van der Waals surface area contributed by atoms with Crippen LogP contribution in [0.1, 0.15) is 10.4 Å². The molecule has 4 rings (SSSR count). The van der Waals surface area contributed by atoms with E-state index in [-0.39, 0.29) is 19.1 Å². The quantitative estimate of drug-likeness (QED) is 0.173. The van der Waals surface area contributed by atoms with E-state index in [2.05, 4.69) is 5.32 Å². The highest BCUT2D eigenvalue weighted by Gasteiger charge is 2.13. The molecule has 0 radical (unpaired) electrons. The highest BCUT2D eigenvalue weighted by atomic mass is 16.5. The summed E-state index contributed by atoms with van der Waals surface area (Å²) < 4.78 is 22.2. The fourth-order valence-electron chi connectivity index (χ4n) is 3.47. The van der Waals surface area contributed by atoms with Crippen molar-refractivity contribution in [2.75, 3.05) is 49.4 Å². The van der Waals surface area contributed by atoms with E-state index in [0.29, 0.717) is 59.5 Å². The molecule has 0 unspecified atom stereocenters. The van der Waals surface area contributed by atoms with Crippen molar-refractivity contribution < 1.29 is 28.2 Å².